The van der Waals surface area contributed by atoms with Crippen molar-refractivity contribution in [2.24, 2.45) is 34.5 Å². The molecule has 0 spiro atoms. The number of allylic oxidation sites excluding steroid dienone is 4. The van der Waals surface area contributed by atoms with Gasteiger partial charge in [0.2, 0.25) is 17.7 Å². The second-order valence-corrected chi connectivity index (χ2v) is 19.0. The molecule has 65 heavy (non-hydrogen) atoms. The lowest BCUT2D eigenvalue weighted by Crippen LogP contribution is -2.63. The van der Waals surface area contributed by atoms with Gasteiger partial charge in [-0.25, -0.2) is 0 Å². The fraction of sp³-hybridized carbons (Fsp3) is 0.490. The van der Waals surface area contributed by atoms with Crippen LogP contribution in [0.1, 0.15) is 78.6 Å². The van der Waals surface area contributed by atoms with E-state index in [1.807, 2.05) is 13.0 Å². The van der Waals surface area contributed by atoms with E-state index in [0.29, 0.717) is 29.2 Å². The molecule has 0 aromatic heterocycles. The Kier molecular flexibility index (Phi) is 12.3. The first-order valence-corrected chi connectivity index (χ1v) is 22.3. The van der Waals surface area contributed by atoms with Gasteiger partial charge in [-0.05, 0) is 98.9 Å². The van der Waals surface area contributed by atoms with Crippen LogP contribution in [0.5, 0.6) is 11.5 Å². The summed E-state index contributed by atoms with van der Waals surface area (Å²) in [6.45, 7) is 8.23. The molecule has 0 radical (unpaired) electrons. The van der Waals surface area contributed by atoms with E-state index in [2.05, 4.69) is 22.9 Å². The number of benzene rings is 2. The Hall–Kier alpha value is -5.81. The highest BCUT2D eigenvalue weighted by atomic mass is 16.7. The minimum atomic E-state index is -1.47. The van der Waals surface area contributed by atoms with E-state index in [1.165, 1.54) is 6.92 Å². The summed E-state index contributed by atoms with van der Waals surface area (Å²) in [7, 11) is 0. The molecule has 1 saturated heterocycles. The average molecular weight is 893 g/mol. The first kappa shape index (κ1) is 45.7. The molecule has 16 heteroatoms. The standard InChI is InChI=1S/C49H56N4O12/c1-26(2)43(52-39(58)19-21-53-40(59)16-17-41(53)60)45(62)50-27(3)44(61)51-30-9-13-33(14-10-30)63-32-11-6-28(7-12-32)46-64-38-23-35-34-15-8-29-22-31(55)18-20-47(29,4)42(34)36(56)24-48(35,5)49(38,65-46)37(57)25-54/h6-7,9-14,16-18,20,22,26-27,34-36,38,42-43,46,54,56H,8,15,19,21,23-25H2,1-5H3,(H,50,62)(H,51,61)(H,52,58)/t27-,34-,35-,36-,38+,42+,43-,46+,47-,48-,49+/m0/s1. The first-order valence-electron chi connectivity index (χ1n) is 22.3. The maximum absolute atomic E-state index is 13.9. The third-order valence-corrected chi connectivity index (χ3v) is 14.8. The van der Waals surface area contributed by atoms with Crippen LogP contribution in [-0.2, 0) is 43.0 Å². The zero-order valence-electron chi connectivity index (χ0n) is 37.1. The number of aliphatic hydroxyl groups is 2. The molecule has 0 unspecified atom stereocenters. The number of rotatable bonds is 14. The number of fused-ring (bicyclic) bond motifs is 7. The van der Waals surface area contributed by atoms with Crippen LogP contribution in [0.25, 0.3) is 0 Å². The van der Waals surface area contributed by atoms with E-state index in [-0.39, 0.29) is 48.8 Å². The topological polar surface area (TPSA) is 227 Å². The molecule has 3 saturated carbocycles. The van der Waals surface area contributed by atoms with Crippen molar-refractivity contribution in [3.63, 3.8) is 0 Å². The number of ether oxygens (including phenoxy) is 3. The first-order chi connectivity index (χ1) is 30.9. The van der Waals surface area contributed by atoms with Crippen molar-refractivity contribution < 1.29 is 58.0 Å². The number of hydrogen-bond acceptors (Lipinski definition) is 12. The van der Waals surface area contributed by atoms with Gasteiger partial charge in [0.05, 0.1) is 12.2 Å². The van der Waals surface area contributed by atoms with Crippen LogP contribution in [0.15, 0.2) is 84.5 Å². The summed E-state index contributed by atoms with van der Waals surface area (Å²) < 4.78 is 19.4. The second-order valence-electron chi connectivity index (χ2n) is 19.0. The highest BCUT2D eigenvalue weighted by Gasteiger charge is 2.76. The van der Waals surface area contributed by atoms with Crippen molar-refractivity contribution in [3.05, 3.63) is 90.0 Å². The normalized spacial score (nSPS) is 31.9. The van der Waals surface area contributed by atoms with E-state index >= 15 is 0 Å². The Bertz CT molecular complexity index is 2360. The highest BCUT2D eigenvalue weighted by molar-refractivity contribution is 6.13. The number of hydrogen-bond donors (Lipinski definition) is 5. The third-order valence-electron chi connectivity index (χ3n) is 14.8. The van der Waals surface area contributed by atoms with E-state index < -0.39 is 88.9 Å². The van der Waals surface area contributed by atoms with Gasteiger partial charge < -0.3 is 40.4 Å². The quantitative estimate of drug-likeness (QED) is 0.170. The molecule has 2 heterocycles. The number of carbonyl (C=O) groups excluding carboxylic acids is 7. The SMILES string of the molecule is CC(C)[C@H](NC(=O)CCN1C(=O)C=CC1=O)C(=O)N[C@@H](C)C(=O)Nc1ccc(Oc2ccc([C@@H]3O[C@@H]4C[C@H]5[C@@H]6CCC7=CC(=O)C=C[C@]7(C)[C@H]6[C@@H](O)C[C@]5(C)[C@]4(C(=O)CO)O3)cc2)cc1. The molecular formula is C49H56N4O12. The van der Waals surface area contributed by atoms with Crippen LogP contribution in [-0.4, -0.2) is 99.3 Å². The molecule has 344 valence electrons. The van der Waals surface area contributed by atoms with E-state index in [1.54, 1.807) is 74.5 Å². The smallest absolute Gasteiger partial charge is 0.253 e. The number of imide groups is 1. The Labute approximate surface area is 376 Å². The van der Waals surface area contributed by atoms with E-state index in [0.717, 1.165) is 35.5 Å². The van der Waals surface area contributed by atoms with Crippen LogP contribution < -0.4 is 20.7 Å². The molecule has 4 aliphatic carbocycles. The Morgan fingerprint density at radius 3 is 2.22 bits per heavy atom. The lowest BCUT2D eigenvalue weighted by molar-refractivity contribution is -0.201. The Morgan fingerprint density at radius 2 is 1.57 bits per heavy atom. The van der Waals surface area contributed by atoms with Gasteiger partial charge in [0.15, 0.2) is 23.5 Å². The van der Waals surface area contributed by atoms with Gasteiger partial charge in [0.1, 0.15) is 30.2 Å². The van der Waals surface area contributed by atoms with Crippen LogP contribution in [0.3, 0.4) is 0 Å². The number of nitrogens with one attached hydrogen (secondary N) is 3. The van der Waals surface area contributed by atoms with Crippen molar-refractivity contribution in [1.29, 1.82) is 0 Å². The van der Waals surface area contributed by atoms with Gasteiger partial charge in [0.25, 0.3) is 11.8 Å². The summed E-state index contributed by atoms with van der Waals surface area (Å²) in [5, 5.41) is 30.3. The van der Waals surface area contributed by atoms with Crippen LogP contribution in [0.4, 0.5) is 5.69 Å². The number of anilines is 1. The molecule has 5 N–H and O–H groups in total. The molecule has 2 aromatic carbocycles. The minimum absolute atomic E-state index is 0.0233. The number of carbonyl (C=O) groups is 7. The van der Waals surface area contributed by atoms with Crippen LogP contribution >= 0.6 is 0 Å². The molecular weight excluding hydrogens is 837 g/mol. The minimum Gasteiger partial charge on any atom is -0.457 e. The van der Waals surface area contributed by atoms with E-state index in [4.69, 9.17) is 14.2 Å². The second kappa shape index (κ2) is 17.5. The summed E-state index contributed by atoms with van der Waals surface area (Å²) in [6.07, 6.45) is 7.30. The third kappa shape index (κ3) is 8.14. The van der Waals surface area contributed by atoms with Gasteiger partial charge in [-0.15, -0.1) is 0 Å². The van der Waals surface area contributed by atoms with Gasteiger partial charge in [-0.1, -0.05) is 51.5 Å². The average Bonchev–Trinajstić information content (AvgIpc) is 3.90. The van der Waals surface area contributed by atoms with Crippen molar-refractivity contribution >= 4 is 46.8 Å². The lowest BCUT2D eigenvalue weighted by Gasteiger charge is -2.59. The van der Waals surface area contributed by atoms with Crippen LogP contribution in [0.2, 0.25) is 0 Å². The van der Waals surface area contributed by atoms with Gasteiger partial charge in [-0.3, -0.25) is 38.5 Å². The molecule has 5 amide bonds. The number of nitrogens with zero attached hydrogens (tertiary/aromatic N) is 1. The number of amides is 5. The zero-order chi connectivity index (χ0) is 46.6. The Balaban J connectivity index is 0.856. The summed E-state index contributed by atoms with van der Waals surface area (Å²) in [5.74, 6) is -2.58. The van der Waals surface area contributed by atoms with Crippen molar-refractivity contribution in [2.45, 2.75) is 103 Å². The molecule has 2 aliphatic heterocycles. The predicted octanol–water partition coefficient (Wildman–Crippen LogP) is 3.98. The maximum Gasteiger partial charge on any atom is 0.253 e. The van der Waals surface area contributed by atoms with Crippen molar-refractivity contribution in [3.8, 4) is 11.5 Å². The zero-order valence-corrected chi connectivity index (χ0v) is 37.1. The molecule has 11 atom stereocenters. The van der Waals surface area contributed by atoms with Crippen molar-refractivity contribution in [1.82, 2.24) is 15.5 Å². The summed E-state index contributed by atoms with van der Waals surface area (Å²) in [5.41, 5.74) is -0.633. The highest BCUT2D eigenvalue weighted by Crippen LogP contribution is 2.70. The van der Waals surface area contributed by atoms with Crippen molar-refractivity contribution in [2.75, 3.05) is 18.5 Å². The predicted molar refractivity (Wildman–Crippen MR) is 233 cm³/mol. The van der Waals surface area contributed by atoms with Gasteiger partial charge in [-0.2, -0.15) is 0 Å². The van der Waals surface area contributed by atoms with Gasteiger partial charge in [0, 0.05) is 53.1 Å². The molecule has 2 aromatic rings. The largest absolute Gasteiger partial charge is 0.457 e. The fourth-order valence-corrected chi connectivity index (χ4v) is 11.5. The summed E-state index contributed by atoms with van der Waals surface area (Å²) in [4.78, 5) is 89.5. The lowest BCUT2D eigenvalue weighted by atomic mass is 9.46. The molecule has 0 bridgehead atoms. The summed E-state index contributed by atoms with van der Waals surface area (Å²) >= 11 is 0. The maximum atomic E-state index is 13.9. The van der Waals surface area contributed by atoms with E-state index in [9.17, 15) is 43.8 Å². The fourth-order valence-electron chi connectivity index (χ4n) is 11.5. The number of ketones is 2. The van der Waals surface area contributed by atoms with Gasteiger partial charge >= 0.3 is 0 Å². The molecule has 8 rings (SSSR count). The number of Topliss-reactive ketones (excluding diaryl/α,β-unsaturated/α-hetero) is 1. The molecule has 16 nitrogen and oxygen atoms in total. The number of aliphatic hydroxyl groups excluding tert-OH is 2. The molecule has 4 fully saturated rings. The summed E-state index contributed by atoms with van der Waals surface area (Å²) in [6, 6.07) is 11.7. The molecule has 6 aliphatic rings. The Morgan fingerprint density at radius 1 is 0.908 bits per heavy atom. The monoisotopic (exact) mass is 892 g/mol. The van der Waals surface area contributed by atoms with Crippen LogP contribution in [0, 0.1) is 34.5 Å².